The van der Waals surface area contributed by atoms with Gasteiger partial charge in [-0.3, -0.25) is 9.59 Å². The molecule has 0 unspecified atom stereocenters. The van der Waals surface area contributed by atoms with E-state index in [1.165, 1.54) is 4.90 Å². The molecule has 1 N–H and O–H groups in total. The standard InChI is InChI=1S/C16H15BrN2O2/c1-19(2)16(21)11-7-9-12(10-8-11)18-15(20)13-5-3-4-6-14(13)17/h3-10H,1-2H3,(H,18,20). The molecule has 108 valence electrons. The van der Waals surface area contributed by atoms with E-state index in [2.05, 4.69) is 21.2 Å². The van der Waals surface area contributed by atoms with Crippen LogP contribution >= 0.6 is 15.9 Å². The van der Waals surface area contributed by atoms with Crippen molar-refractivity contribution in [2.24, 2.45) is 0 Å². The van der Waals surface area contributed by atoms with Crippen molar-refractivity contribution < 1.29 is 9.59 Å². The van der Waals surface area contributed by atoms with E-state index >= 15 is 0 Å². The van der Waals surface area contributed by atoms with Crippen molar-refractivity contribution in [1.82, 2.24) is 4.90 Å². The zero-order valence-electron chi connectivity index (χ0n) is 11.8. The number of halogens is 1. The summed E-state index contributed by atoms with van der Waals surface area (Å²) in [6, 6.07) is 14.0. The molecular weight excluding hydrogens is 332 g/mol. The third kappa shape index (κ3) is 3.70. The maximum atomic E-state index is 12.1. The van der Waals surface area contributed by atoms with E-state index in [0.29, 0.717) is 16.8 Å². The molecule has 0 aromatic heterocycles. The fourth-order valence-corrected chi connectivity index (χ4v) is 2.26. The Morgan fingerprint density at radius 2 is 1.62 bits per heavy atom. The average molecular weight is 347 g/mol. The summed E-state index contributed by atoms with van der Waals surface area (Å²) >= 11 is 3.35. The molecule has 0 aliphatic rings. The fraction of sp³-hybridized carbons (Fsp3) is 0.125. The molecule has 0 fully saturated rings. The van der Waals surface area contributed by atoms with Gasteiger partial charge in [0.25, 0.3) is 11.8 Å². The summed E-state index contributed by atoms with van der Waals surface area (Å²) in [5, 5.41) is 2.80. The minimum atomic E-state index is -0.200. The molecule has 2 rings (SSSR count). The molecule has 0 radical (unpaired) electrons. The van der Waals surface area contributed by atoms with Crippen molar-refractivity contribution >= 4 is 33.4 Å². The second-order valence-corrected chi connectivity index (χ2v) is 5.57. The molecule has 0 heterocycles. The number of carbonyl (C=O) groups excluding carboxylic acids is 2. The fourth-order valence-electron chi connectivity index (χ4n) is 1.80. The first kappa shape index (κ1) is 15.3. The van der Waals surface area contributed by atoms with Gasteiger partial charge in [-0.15, -0.1) is 0 Å². The molecule has 5 heteroatoms. The lowest BCUT2D eigenvalue weighted by Gasteiger charge is -2.11. The Kier molecular flexibility index (Phi) is 4.75. The number of nitrogens with zero attached hydrogens (tertiary/aromatic N) is 1. The van der Waals surface area contributed by atoms with E-state index in [9.17, 15) is 9.59 Å². The van der Waals surface area contributed by atoms with Gasteiger partial charge in [0.2, 0.25) is 0 Å². The first-order valence-electron chi connectivity index (χ1n) is 6.36. The Morgan fingerprint density at radius 1 is 1.00 bits per heavy atom. The van der Waals surface area contributed by atoms with Crippen LogP contribution < -0.4 is 5.32 Å². The second kappa shape index (κ2) is 6.54. The van der Waals surface area contributed by atoms with Crippen molar-refractivity contribution in [2.45, 2.75) is 0 Å². The molecule has 0 spiro atoms. The molecule has 0 bridgehead atoms. The van der Waals surface area contributed by atoms with Crippen LogP contribution in [-0.2, 0) is 0 Å². The smallest absolute Gasteiger partial charge is 0.256 e. The number of carbonyl (C=O) groups is 2. The van der Waals surface area contributed by atoms with Crippen molar-refractivity contribution in [1.29, 1.82) is 0 Å². The summed E-state index contributed by atoms with van der Waals surface area (Å²) in [4.78, 5) is 25.4. The van der Waals surface area contributed by atoms with Gasteiger partial charge in [0, 0.05) is 29.8 Å². The van der Waals surface area contributed by atoms with E-state index in [-0.39, 0.29) is 11.8 Å². The summed E-state index contributed by atoms with van der Waals surface area (Å²) in [7, 11) is 3.40. The maximum Gasteiger partial charge on any atom is 0.256 e. The summed E-state index contributed by atoms with van der Waals surface area (Å²) < 4.78 is 0.738. The van der Waals surface area contributed by atoms with E-state index in [1.54, 1.807) is 50.5 Å². The van der Waals surface area contributed by atoms with E-state index < -0.39 is 0 Å². The summed E-state index contributed by atoms with van der Waals surface area (Å²) in [6.07, 6.45) is 0. The average Bonchev–Trinajstić information content (AvgIpc) is 2.47. The Bertz CT molecular complexity index is 666. The topological polar surface area (TPSA) is 49.4 Å². The van der Waals surface area contributed by atoms with Gasteiger partial charge in [-0.05, 0) is 52.3 Å². The van der Waals surface area contributed by atoms with Crippen LogP contribution in [0, 0.1) is 0 Å². The van der Waals surface area contributed by atoms with Gasteiger partial charge in [0.15, 0.2) is 0 Å². The van der Waals surface area contributed by atoms with Gasteiger partial charge in [0.1, 0.15) is 0 Å². The highest BCUT2D eigenvalue weighted by molar-refractivity contribution is 9.10. The highest BCUT2D eigenvalue weighted by Crippen LogP contribution is 2.18. The first-order valence-corrected chi connectivity index (χ1v) is 7.16. The Balaban J connectivity index is 2.12. The van der Waals surface area contributed by atoms with Crippen LogP contribution in [-0.4, -0.2) is 30.8 Å². The van der Waals surface area contributed by atoms with Gasteiger partial charge in [0.05, 0.1) is 5.56 Å². The van der Waals surface area contributed by atoms with Crippen LogP contribution in [0.2, 0.25) is 0 Å². The van der Waals surface area contributed by atoms with Crippen LogP contribution in [0.25, 0.3) is 0 Å². The van der Waals surface area contributed by atoms with Gasteiger partial charge in [-0.2, -0.15) is 0 Å². The van der Waals surface area contributed by atoms with Gasteiger partial charge >= 0.3 is 0 Å². The lowest BCUT2D eigenvalue weighted by atomic mass is 10.1. The highest BCUT2D eigenvalue weighted by atomic mass is 79.9. The third-order valence-electron chi connectivity index (χ3n) is 2.91. The molecule has 0 saturated carbocycles. The molecule has 0 aliphatic heterocycles. The van der Waals surface area contributed by atoms with Crippen molar-refractivity contribution in [3.8, 4) is 0 Å². The number of benzene rings is 2. The van der Waals surface area contributed by atoms with E-state index in [4.69, 9.17) is 0 Å². The zero-order chi connectivity index (χ0) is 15.4. The predicted octanol–water partition coefficient (Wildman–Crippen LogP) is 3.40. The van der Waals surface area contributed by atoms with Crippen molar-refractivity contribution in [3.05, 3.63) is 64.1 Å². The molecule has 2 aromatic carbocycles. The van der Waals surface area contributed by atoms with Gasteiger partial charge in [-0.25, -0.2) is 0 Å². The monoisotopic (exact) mass is 346 g/mol. The summed E-state index contributed by atoms with van der Waals surface area (Å²) in [5.74, 6) is -0.271. The normalized spacial score (nSPS) is 10.0. The summed E-state index contributed by atoms with van der Waals surface area (Å²) in [6.45, 7) is 0. The molecule has 0 atom stereocenters. The zero-order valence-corrected chi connectivity index (χ0v) is 13.3. The molecule has 0 aliphatic carbocycles. The lowest BCUT2D eigenvalue weighted by molar-refractivity contribution is 0.0827. The molecule has 0 saturated heterocycles. The molecule has 2 aromatic rings. The minimum Gasteiger partial charge on any atom is -0.345 e. The van der Waals surface area contributed by atoms with Crippen LogP contribution in [0.15, 0.2) is 53.0 Å². The van der Waals surface area contributed by atoms with Crippen LogP contribution in [0.1, 0.15) is 20.7 Å². The largest absolute Gasteiger partial charge is 0.345 e. The summed E-state index contributed by atoms with van der Waals surface area (Å²) in [5.41, 5.74) is 1.79. The predicted molar refractivity (Wildman–Crippen MR) is 86.6 cm³/mol. The number of anilines is 1. The third-order valence-corrected chi connectivity index (χ3v) is 3.61. The number of hydrogen-bond donors (Lipinski definition) is 1. The maximum absolute atomic E-state index is 12.1. The van der Waals surface area contributed by atoms with Crippen molar-refractivity contribution in [2.75, 3.05) is 19.4 Å². The number of hydrogen-bond acceptors (Lipinski definition) is 2. The Morgan fingerprint density at radius 3 is 2.19 bits per heavy atom. The molecule has 4 nitrogen and oxygen atoms in total. The van der Waals surface area contributed by atoms with E-state index in [1.807, 2.05) is 12.1 Å². The number of amides is 2. The van der Waals surface area contributed by atoms with Crippen LogP contribution in [0.4, 0.5) is 5.69 Å². The van der Waals surface area contributed by atoms with Crippen LogP contribution in [0.3, 0.4) is 0 Å². The number of nitrogens with one attached hydrogen (secondary N) is 1. The molecular formula is C16H15BrN2O2. The van der Waals surface area contributed by atoms with Crippen LogP contribution in [0.5, 0.6) is 0 Å². The van der Waals surface area contributed by atoms with E-state index in [0.717, 1.165) is 4.47 Å². The molecule has 21 heavy (non-hydrogen) atoms. The Hall–Kier alpha value is -2.14. The quantitative estimate of drug-likeness (QED) is 0.925. The number of rotatable bonds is 3. The van der Waals surface area contributed by atoms with Crippen molar-refractivity contribution in [3.63, 3.8) is 0 Å². The highest BCUT2D eigenvalue weighted by Gasteiger charge is 2.11. The lowest BCUT2D eigenvalue weighted by Crippen LogP contribution is -2.21. The molecule has 2 amide bonds. The SMILES string of the molecule is CN(C)C(=O)c1ccc(NC(=O)c2ccccc2Br)cc1. The van der Waals surface area contributed by atoms with Gasteiger partial charge < -0.3 is 10.2 Å². The Labute approximate surface area is 131 Å². The minimum absolute atomic E-state index is 0.0707. The second-order valence-electron chi connectivity index (χ2n) is 4.71. The first-order chi connectivity index (χ1) is 9.99. The van der Waals surface area contributed by atoms with Gasteiger partial charge in [-0.1, -0.05) is 12.1 Å².